The first-order valence-electron chi connectivity index (χ1n) is 6.02. The van der Waals surface area contributed by atoms with E-state index < -0.39 is 0 Å². The molecule has 1 aromatic rings. The number of nitrogens with one attached hydrogen (secondary N) is 2. The molecule has 4 nitrogen and oxygen atoms in total. The van der Waals surface area contributed by atoms with Gasteiger partial charge in [-0.1, -0.05) is 0 Å². The summed E-state index contributed by atoms with van der Waals surface area (Å²) in [5.41, 5.74) is 1.14. The molecule has 0 aromatic heterocycles. The summed E-state index contributed by atoms with van der Waals surface area (Å²) < 4.78 is 18.3. The van der Waals surface area contributed by atoms with Crippen LogP contribution in [0.1, 0.15) is 12.0 Å². The molecule has 0 saturated carbocycles. The maximum Gasteiger partial charge on any atom is 0.226 e. The van der Waals surface area contributed by atoms with Gasteiger partial charge in [0.05, 0.1) is 13.2 Å². The zero-order valence-corrected chi connectivity index (χ0v) is 10.3. The molecule has 1 unspecified atom stereocenters. The van der Waals surface area contributed by atoms with Gasteiger partial charge in [-0.2, -0.15) is 0 Å². The van der Waals surface area contributed by atoms with Gasteiger partial charge in [0, 0.05) is 24.7 Å². The van der Waals surface area contributed by atoms with E-state index in [1.807, 2.05) is 0 Å². The summed E-state index contributed by atoms with van der Waals surface area (Å²) in [6, 6.07) is 4.59. The second-order valence-corrected chi connectivity index (χ2v) is 4.44. The number of hydrogen-bond acceptors (Lipinski definition) is 3. The van der Waals surface area contributed by atoms with Crippen LogP contribution in [-0.2, 0) is 9.53 Å². The number of halogens is 1. The van der Waals surface area contributed by atoms with E-state index in [1.165, 1.54) is 6.07 Å². The van der Waals surface area contributed by atoms with Crippen molar-refractivity contribution < 1.29 is 13.9 Å². The summed E-state index contributed by atoms with van der Waals surface area (Å²) in [7, 11) is 0. The SMILES string of the molecule is Cc1cc(NC(=O)CC2COCCN2)ccc1F. The van der Waals surface area contributed by atoms with Crippen molar-refractivity contribution in [3.05, 3.63) is 29.6 Å². The molecule has 98 valence electrons. The normalized spacial score (nSPS) is 19.6. The summed E-state index contributed by atoms with van der Waals surface area (Å²) in [5.74, 6) is -0.362. The molecule has 0 radical (unpaired) electrons. The number of anilines is 1. The highest BCUT2D eigenvalue weighted by Gasteiger charge is 2.16. The number of carbonyl (C=O) groups excluding carboxylic acids is 1. The first kappa shape index (κ1) is 13.0. The standard InChI is InChI=1S/C13H17FN2O2/c1-9-6-10(2-3-12(9)14)16-13(17)7-11-8-18-5-4-15-11/h2-3,6,11,15H,4-5,7-8H2,1H3,(H,16,17). The van der Waals surface area contributed by atoms with Crippen molar-refractivity contribution in [2.45, 2.75) is 19.4 Å². The molecule has 1 atom stereocenters. The van der Waals surface area contributed by atoms with Crippen LogP contribution in [-0.4, -0.2) is 31.7 Å². The second-order valence-electron chi connectivity index (χ2n) is 4.44. The fraction of sp³-hybridized carbons (Fsp3) is 0.462. The quantitative estimate of drug-likeness (QED) is 0.856. The lowest BCUT2D eigenvalue weighted by Crippen LogP contribution is -2.43. The Hall–Kier alpha value is -1.46. The van der Waals surface area contributed by atoms with E-state index in [2.05, 4.69) is 10.6 Å². The highest BCUT2D eigenvalue weighted by atomic mass is 19.1. The molecule has 5 heteroatoms. The summed E-state index contributed by atoms with van der Waals surface area (Å²) >= 11 is 0. The van der Waals surface area contributed by atoms with Crippen LogP contribution < -0.4 is 10.6 Å². The van der Waals surface area contributed by atoms with Crippen LogP contribution in [0.5, 0.6) is 0 Å². The van der Waals surface area contributed by atoms with Gasteiger partial charge < -0.3 is 15.4 Å². The van der Waals surface area contributed by atoms with E-state index in [0.717, 1.165) is 6.54 Å². The van der Waals surface area contributed by atoms with Crippen molar-refractivity contribution in [2.24, 2.45) is 0 Å². The van der Waals surface area contributed by atoms with Gasteiger partial charge in [0.1, 0.15) is 5.82 Å². The van der Waals surface area contributed by atoms with Gasteiger partial charge in [-0.05, 0) is 30.7 Å². The molecule has 2 N–H and O–H groups in total. The lowest BCUT2D eigenvalue weighted by atomic mass is 10.1. The molecule has 1 saturated heterocycles. The number of aryl methyl sites for hydroxylation is 1. The summed E-state index contributed by atoms with van der Waals surface area (Å²) in [4.78, 5) is 11.8. The Kier molecular flexibility index (Phi) is 4.28. The third-order valence-electron chi connectivity index (χ3n) is 2.87. The minimum Gasteiger partial charge on any atom is -0.378 e. The van der Waals surface area contributed by atoms with Crippen LogP contribution in [0.2, 0.25) is 0 Å². The number of morpholine rings is 1. The van der Waals surface area contributed by atoms with Gasteiger partial charge >= 0.3 is 0 Å². The first-order valence-corrected chi connectivity index (χ1v) is 6.02. The van der Waals surface area contributed by atoms with Crippen LogP contribution in [0.15, 0.2) is 18.2 Å². The molecular formula is C13H17FN2O2. The second kappa shape index (κ2) is 5.93. The monoisotopic (exact) mass is 252 g/mol. The van der Waals surface area contributed by atoms with Gasteiger partial charge in [0.15, 0.2) is 0 Å². The van der Waals surface area contributed by atoms with Crippen molar-refractivity contribution in [3.8, 4) is 0 Å². The molecule has 1 fully saturated rings. The van der Waals surface area contributed by atoms with Crippen molar-refractivity contribution >= 4 is 11.6 Å². The lowest BCUT2D eigenvalue weighted by Gasteiger charge is -2.23. The maximum atomic E-state index is 13.1. The van der Waals surface area contributed by atoms with E-state index in [4.69, 9.17) is 4.74 Å². The molecular weight excluding hydrogens is 235 g/mol. The Morgan fingerprint density at radius 2 is 2.44 bits per heavy atom. The third-order valence-corrected chi connectivity index (χ3v) is 2.87. The first-order chi connectivity index (χ1) is 8.65. The molecule has 1 aliphatic heterocycles. The molecule has 1 amide bonds. The molecule has 1 aliphatic rings. The van der Waals surface area contributed by atoms with E-state index in [1.54, 1.807) is 19.1 Å². The average Bonchev–Trinajstić information content (AvgIpc) is 2.35. The predicted octanol–water partition coefficient (Wildman–Crippen LogP) is 1.45. The topological polar surface area (TPSA) is 50.4 Å². The third kappa shape index (κ3) is 3.51. The van der Waals surface area contributed by atoms with Gasteiger partial charge in [-0.15, -0.1) is 0 Å². The van der Waals surface area contributed by atoms with Crippen LogP contribution in [0.3, 0.4) is 0 Å². The highest BCUT2D eigenvalue weighted by molar-refractivity contribution is 5.91. The molecule has 0 aliphatic carbocycles. The van der Waals surface area contributed by atoms with Crippen molar-refractivity contribution in [3.63, 3.8) is 0 Å². The number of ether oxygens (including phenoxy) is 1. The predicted molar refractivity (Wildman–Crippen MR) is 67.0 cm³/mol. The van der Waals surface area contributed by atoms with E-state index >= 15 is 0 Å². The van der Waals surface area contributed by atoms with Crippen LogP contribution >= 0.6 is 0 Å². The number of carbonyl (C=O) groups is 1. The smallest absolute Gasteiger partial charge is 0.226 e. The Morgan fingerprint density at radius 3 is 3.11 bits per heavy atom. The van der Waals surface area contributed by atoms with Gasteiger partial charge in [-0.3, -0.25) is 4.79 Å². The number of rotatable bonds is 3. The number of amides is 1. The highest BCUT2D eigenvalue weighted by Crippen LogP contribution is 2.14. The Morgan fingerprint density at radius 1 is 1.61 bits per heavy atom. The number of hydrogen-bond donors (Lipinski definition) is 2. The Labute approximate surface area is 106 Å². The summed E-state index contributed by atoms with van der Waals surface area (Å²) in [5, 5.41) is 5.97. The van der Waals surface area contributed by atoms with Crippen LogP contribution in [0.4, 0.5) is 10.1 Å². The Balaban J connectivity index is 1.88. The number of benzene rings is 1. The van der Waals surface area contributed by atoms with Crippen LogP contribution in [0, 0.1) is 12.7 Å². The molecule has 1 aromatic carbocycles. The van der Waals surface area contributed by atoms with Crippen molar-refractivity contribution in [2.75, 3.05) is 25.1 Å². The molecule has 0 bridgehead atoms. The summed E-state index contributed by atoms with van der Waals surface area (Å²) in [6.45, 7) is 3.68. The minimum absolute atomic E-state index is 0.0558. The van der Waals surface area contributed by atoms with E-state index in [9.17, 15) is 9.18 Å². The van der Waals surface area contributed by atoms with E-state index in [0.29, 0.717) is 30.9 Å². The molecule has 1 heterocycles. The summed E-state index contributed by atoms with van der Waals surface area (Å²) in [6.07, 6.45) is 0.358. The van der Waals surface area contributed by atoms with Crippen LogP contribution in [0.25, 0.3) is 0 Å². The zero-order chi connectivity index (χ0) is 13.0. The lowest BCUT2D eigenvalue weighted by molar-refractivity contribution is -0.117. The van der Waals surface area contributed by atoms with Crippen molar-refractivity contribution in [1.29, 1.82) is 0 Å². The Bertz CT molecular complexity index is 431. The zero-order valence-electron chi connectivity index (χ0n) is 10.3. The largest absolute Gasteiger partial charge is 0.378 e. The van der Waals surface area contributed by atoms with Gasteiger partial charge in [0.25, 0.3) is 0 Å². The molecule has 18 heavy (non-hydrogen) atoms. The van der Waals surface area contributed by atoms with Crippen molar-refractivity contribution in [1.82, 2.24) is 5.32 Å². The average molecular weight is 252 g/mol. The fourth-order valence-electron chi connectivity index (χ4n) is 1.91. The molecule has 2 rings (SSSR count). The van der Waals surface area contributed by atoms with Gasteiger partial charge in [0.2, 0.25) is 5.91 Å². The van der Waals surface area contributed by atoms with E-state index in [-0.39, 0.29) is 17.8 Å². The fourth-order valence-corrected chi connectivity index (χ4v) is 1.91. The maximum absolute atomic E-state index is 13.1. The molecule has 0 spiro atoms. The minimum atomic E-state index is -0.268. The van der Waals surface area contributed by atoms with Gasteiger partial charge in [-0.25, -0.2) is 4.39 Å².